The Morgan fingerprint density at radius 2 is 1.68 bits per heavy atom. The molecule has 0 aliphatic heterocycles. The van der Waals surface area contributed by atoms with E-state index in [1.165, 1.54) is 12.1 Å². The van der Waals surface area contributed by atoms with E-state index in [0.29, 0.717) is 5.56 Å². The number of nitrogens with zero attached hydrogens (tertiary/aromatic N) is 1. The molecule has 0 saturated carbocycles. The Balaban J connectivity index is 2.31. The minimum atomic E-state index is -0.271. The molecule has 100 valence electrons. The van der Waals surface area contributed by atoms with Crippen LogP contribution in [0.2, 0.25) is 0 Å². The van der Waals surface area contributed by atoms with Crippen LogP contribution in [0, 0.1) is 5.82 Å². The molecule has 0 spiro atoms. The van der Waals surface area contributed by atoms with Crippen molar-refractivity contribution in [2.45, 2.75) is 13.0 Å². The average molecular weight is 260 g/mol. The summed E-state index contributed by atoms with van der Waals surface area (Å²) in [7, 11) is 1.85. The van der Waals surface area contributed by atoms with Crippen molar-refractivity contribution in [2.75, 3.05) is 11.9 Å². The fraction of sp³-hybridized carbons (Fsp3) is 0.200. The number of anilines is 2. The van der Waals surface area contributed by atoms with Crippen molar-refractivity contribution in [1.29, 1.82) is 0 Å². The number of halogens is 1. The predicted molar refractivity (Wildman–Crippen MR) is 75.2 cm³/mol. The Morgan fingerprint density at radius 1 is 1.11 bits per heavy atom. The lowest BCUT2D eigenvalue weighted by Crippen LogP contribution is -2.10. The maximum Gasteiger partial charge on any atom is 0.123 e. The third kappa shape index (κ3) is 2.85. The molecule has 0 aromatic heterocycles. The lowest BCUT2D eigenvalue weighted by atomic mass is 10.1. The third-order valence-electron chi connectivity index (χ3n) is 3.11. The molecule has 0 heterocycles. The normalized spacial score (nSPS) is 12.2. The van der Waals surface area contributed by atoms with Gasteiger partial charge >= 0.3 is 0 Å². The highest BCUT2D eigenvalue weighted by Gasteiger charge is 2.10. The second-order valence-electron chi connectivity index (χ2n) is 4.57. The Kier molecular flexibility index (Phi) is 3.71. The zero-order valence-corrected chi connectivity index (χ0v) is 11.0. The Bertz CT molecular complexity index is 567. The van der Waals surface area contributed by atoms with Crippen molar-refractivity contribution < 1.29 is 9.50 Å². The van der Waals surface area contributed by atoms with Crippen LogP contribution < -0.4 is 10.6 Å². The lowest BCUT2D eigenvalue weighted by Gasteiger charge is -2.21. The molecule has 0 saturated heterocycles. The van der Waals surface area contributed by atoms with E-state index >= 15 is 0 Å². The van der Waals surface area contributed by atoms with Gasteiger partial charge in [-0.25, -0.2) is 4.39 Å². The standard InChI is InChI=1S/C15H17FN2O/c1-10(17)14-8-7-13(9-15(14)19)18(2)12-5-3-11(16)4-6-12/h3-10,19H,17H2,1-2H3. The predicted octanol–water partition coefficient (Wildman–Crippen LogP) is 3.32. The Morgan fingerprint density at radius 3 is 2.21 bits per heavy atom. The quantitative estimate of drug-likeness (QED) is 0.890. The second-order valence-corrected chi connectivity index (χ2v) is 4.57. The summed E-state index contributed by atoms with van der Waals surface area (Å²) in [5.41, 5.74) is 8.11. The lowest BCUT2D eigenvalue weighted by molar-refractivity contribution is 0.464. The minimum Gasteiger partial charge on any atom is -0.508 e. The first kappa shape index (κ1) is 13.4. The van der Waals surface area contributed by atoms with Crippen LogP contribution in [0.1, 0.15) is 18.5 Å². The van der Waals surface area contributed by atoms with Crippen LogP contribution in [0.4, 0.5) is 15.8 Å². The highest BCUT2D eigenvalue weighted by atomic mass is 19.1. The van der Waals surface area contributed by atoms with Crippen molar-refractivity contribution >= 4 is 11.4 Å². The molecule has 0 fully saturated rings. The van der Waals surface area contributed by atoms with Crippen molar-refractivity contribution in [2.24, 2.45) is 5.73 Å². The SMILES string of the molecule is CC(N)c1ccc(N(C)c2ccc(F)cc2)cc1O. The molecule has 2 aromatic carbocycles. The van der Waals surface area contributed by atoms with Crippen LogP contribution in [0.25, 0.3) is 0 Å². The number of phenolic OH excluding ortho intramolecular Hbond substituents is 1. The summed E-state index contributed by atoms with van der Waals surface area (Å²) in [6.07, 6.45) is 0. The number of hydrogen-bond acceptors (Lipinski definition) is 3. The van der Waals surface area contributed by atoms with Gasteiger partial charge in [-0.2, -0.15) is 0 Å². The van der Waals surface area contributed by atoms with Crippen LogP contribution in [0.5, 0.6) is 5.75 Å². The number of nitrogens with two attached hydrogens (primary N) is 1. The van der Waals surface area contributed by atoms with Crippen LogP contribution >= 0.6 is 0 Å². The first-order valence-electron chi connectivity index (χ1n) is 6.07. The molecular weight excluding hydrogens is 243 g/mol. The Labute approximate surface area is 112 Å². The second kappa shape index (κ2) is 5.28. The molecular formula is C15H17FN2O. The van der Waals surface area contributed by atoms with Crippen LogP contribution in [-0.2, 0) is 0 Å². The maximum atomic E-state index is 12.9. The fourth-order valence-corrected chi connectivity index (χ4v) is 1.94. The number of aromatic hydroxyl groups is 1. The van der Waals surface area contributed by atoms with E-state index in [1.807, 2.05) is 24.9 Å². The number of phenols is 1. The molecule has 0 amide bonds. The minimum absolute atomic E-state index is 0.168. The molecule has 0 aliphatic carbocycles. The fourth-order valence-electron chi connectivity index (χ4n) is 1.94. The smallest absolute Gasteiger partial charge is 0.123 e. The van der Waals surface area contributed by atoms with E-state index in [0.717, 1.165) is 11.4 Å². The summed E-state index contributed by atoms with van der Waals surface area (Å²) >= 11 is 0. The Hall–Kier alpha value is -2.07. The molecule has 1 atom stereocenters. The highest BCUT2D eigenvalue weighted by molar-refractivity contribution is 5.64. The van der Waals surface area contributed by atoms with Gasteiger partial charge in [0.2, 0.25) is 0 Å². The topological polar surface area (TPSA) is 49.5 Å². The molecule has 3 nitrogen and oxygen atoms in total. The molecule has 0 bridgehead atoms. The average Bonchev–Trinajstić information content (AvgIpc) is 2.38. The summed E-state index contributed by atoms with van der Waals surface area (Å²) in [4.78, 5) is 1.87. The highest BCUT2D eigenvalue weighted by Crippen LogP contribution is 2.30. The van der Waals surface area contributed by atoms with E-state index in [4.69, 9.17) is 5.73 Å². The van der Waals surface area contributed by atoms with E-state index in [9.17, 15) is 9.50 Å². The van der Waals surface area contributed by atoms with E-state index < -0.39 is 0 Å². The van der Waals surface area contributed by atoms with Crippen LogP contribution in [-0.4, -0.2) is 12.2 Å². The number of hydrogen-bond donors (Lipinski definition) is 2. The zero-order chi connectivity index (χ0) is 14.0. The number of rotatable bonds is 3. The molecule has 3 N–H and O–H groups in total. The van der Waals surface area contributed by atoms with Crippen molar-refractivity contribution in [1.82, 2.24) is 0 Å². The monoisotopic (exact) mass is 260 g/mol. The molecule has 0 aliphatic rings. The van der Waals surface area contributed by atoms with Gasteiger partial charge in [0.1, 0.15) is 11.6 Å². The van der Waals surface area contributed by atoms with E-state index in [1.54, 1.807) is 24.3 Å². The van der Waals surface area contributed by atoms with Gasteiger partial charge in [-0.1, -0.05) is 6.07 Å². The van der Waals surface area contributed by atoms with Gasteiger partial charge in [-0.05, 0) is 37.3 Å². The summed E-state index contributed by atoms with van der Waals surface area (Å²) < 4.78 is 12.9. The maximum absolute atomic E-state index is 12.9. The van der Waals surface area contributed by atoms with E-state index in [-0.39, 0.29) is 17.6 Å². The summed E-state index contributed by atoms with van der Waals surface area (Å²) in [5.74, 6) is -0.103. The molecule has 2 rings (SSSR count). The van der Waals surface area contributed by atoms with Gasteiger partial charge in [0.25, 0.3) is 0 Å². The molecule has 2 aromatic rings. The van der Waals surface area contributed by atoms with Gasteiger partial charge in [-0.3, -0.25) is 0 Å². The molecule has 0 radical (unpaired) electrons. The van der Waals surface area contributed by atoms with Gasteiger partial charge in [0, 0.05) is 36.1 Å². The van der Waals surface area contributed by atoms with Crippen molar-refractivity contribution in [3.05, 3.63) is 53.8 Å². The zero-order valence-electron chi connectivity index (χ0n) is 11.0. The first-order valence-corrected chi connectivity index (χ1v) is 6.07. The van der Waals surface area contributed by atoms with Gasteiger partial charge in [0.05, 0.1) is 0 Å². The van der Waals surface area contributed by atoms with Crippen molar-refractivity contribution in [3.8, 4) is 5.75 Å². The van der Waals surface area contributed by atoms with Crippen molar-refractivity contribution in [3.63, 3.8) is 0 Å². The number of benzene rings is 2. The van der Waals surface area contributed by atoms with Gasteiger partial charge < -0.3 is 15.7 Å². The largest absolute Gasteiger partial charge is 0.508 e. The van der Waals surface area contributed by atoms with Crippen LogP contribution in [0.15, 0.2) is 42.5 Å². The summed E-state index contributed by atoms with van der Waals surface area (Å²) in [6.45, 7) is 1.82. The molecule has 1 unspecified atom stereocenters. The van der Waals surface area contributed by atoms with Crippen LogP contribution in [0.3, 0.4) is 0 Å². The first-order chi connectivity index (χ1) is 8.99. The molecule has 4 heteroatoms. The summed E-state index contributed by atoms with van der Waals surface area (Å²) in [5, 5.41) is 9.94. The van der Waals surface area contributed by atoms with Gasteiger partial charge in [0.15, 0.2) is 0 Å². The molecule has 19 heavy (non-hydrogen) atoms. The summed E-state index contributed by atoms with van der Waals surface area (Å²) in [6, 6.07) is 11.3. The third-order valence-corrected chi connectivity index (χ3v) is 3.11. The van der Waals surface area contributed by atoms with Gasteiger partial charge in [-0.15, -0.1) is 0 Å². The van der Waals surface area contributed by atoms with E-state index in [2.05, 4.69) is 0 Å².